The number of hydrogen-bond donors (Lipinski definition) is 1. The van der Waals surface area contributed by atoms with E-state index in [4.69, 9.17) is 4.74 Å². The van der Waals surface area contributed by atoms with Crippen molar-refractivity contribution in [3.63, 3.8) is 0 Å². The topological polar surface area (TPSA) is 38.3 Å². The first-order valence-electron chi connectivity index (χ1n) is 5.46. The van der Waals surface area contributed by atoms with Gasteiger partial charge in [0, 0.05) is 13.0 Å². The summed E-state index contributed by atoms with van der Waals surface area (Å²) in [6, 6.07) is 6.77. The molecule has 0 aromatic heterocycles. The van der Waals surface area contributed by atoms with Crippen molar-refractivity contribution in [1.82, 2.24) is 5.32 Å². The number of carbonyl (C=O) groups excluding carboxylic acids is 1. The Balaban J connectivity index is 2.24. The average Bonchev–Trinajstić information content (AvgIpc) is 2.26. The highest BCUT2D eigenvalue weighted by Crippen LogP contribution is 2.20. The fraction of sp³-hybridized carbons (Fsp3) is 0.417. The second-order valence-corrected chi connectivity index (χ2v) is 3.85. The Morgan fingerprint density at radius 2 is 1.89 bits per heavy atom. The van der Waals surface area contributed by atoms with Crippen molar-refractivity contribution in [2.24, 2.45) is 0 Å². The van der Waals surface area contributed by atoms with Crippen molar-refractivity contribution in [2.75, 3.05) is 6.54 Å². The fourth-order valence-corrected chi connectivity index (χ4v) is 1.23. The Hall–Kier alpha value is -1.72. The first kappa shape index (κ1) is 14.3. The van der Waals surface area contributed by atoms with Gasteiger partial charge in [-0.05, 0) is 25.5 Å². The molecule has 3 nitrogen and oxygen atoms in total. The number of benzene rings is 1. The first-order chi connectivity index (χ1) is 8.37. The second-order valence-electron chi connectivity index (χ2n) is 3.85. The monoisotopic (exact) mass is 261 g/mol. The van der Waals surface area contributed by atoms with Crippen molar-refractivity contribution in [1.29, 1.82) is 0 Å². The number of hydrogen-bond acceptors (Lipinski definition) is 2. The summed E-state index contributed by atoms with van der Waals surface area (Å²) in [5, 5.41) is 2.26. The zero-order valence-corrected chi connectivity index (χ0v) is 9.88. The van der Waals surface area contributed by atoms with Crippen molar-refractivity contribution in [3.8, 4) is 5.75 Å². The molecule has 1 aromatic carbocycles. The lowest BCUT2D eigenvalue weighted by atomic mass is 10.2. The van der Waals surface area contributed by atoms with E-state index >= 15 is 0 Å². The van der Waals surface area contributed by atoms with Gasteiger partial charge < -0.3 is 10.1 Å². The van der Waals surface area contributed by atoms with Crippen LogP contribution in [-0.4, -0.2) is 18.8 Å². The minimum absolute atomic E-state index is 0.0653. The Kier molecular flexibility index (Phi) is 5.00. The maximum atomic E-state index is 11.8. The van der Waals surface area contributed by atoms with Crippen LogP contribution in [0.25, 0.3) is 0 Å². The Morgan fingerprint density at radius 1 is 1.28 bits per heavy atom. The number of halogens is 3. The molecule has 6 heteroatoms. The standard InChI is InChI=1S/C12H14F3NO2/c1-9-3-5-10(6-4-9)18-11(17)16-8-2-7-12(13,14)15/h3-6H,2,7-8H2,1H3,(H,16,17). The summed E-state index contributed by atoms with van der Waals surface area (Å²) >= 11 is 0. The molecule has 0 unspecified atom stereocenters. The van der Waals surface area contributed by atoms with E-state index in [9.17, 15) is 18.0 Å². The van der Waals surface area contributed by atoms with Crippen LogP contribution in [0.15, 0.2) is 24.3 Å². The number of carbonyl (C=O) groups is 1. The Bertz CT molecular complexity index is 387. The highest BCUT2D eigenvalue weighted by atomic mass is 19.4. The van der Waals surface area contributed by atoms with E-state index in [2.05, 4.69) is 5.32 Å². The average molecular weight is 261 g/mol. The largest absolute Gasteiger partial charge is 0.412 e. The third-order valence-corrected chi connectivity index (χ3v) is 2.14. The predicted molar refractivity (Wildman–Crippen MR) is 60.5 cm³/mol. The van der Waals surface area contributed by atoms with Crippen molar-refractivity contribution in [3.05, 3.63) is 29.8 Å². The number of rotatable bonds is 4. The van der Waals surface area contributed by atoms with Gasteiger partial charge in [-0.1, -0.05) is 17.7 Å². The molecular formula is C12H14F3NO2. The fourth-order valence-electron chi connectivity index (χ4n) is 1.23. The summed E-state index contributed by atoms with van der Waals surface area (Å²) in [7, 11) is 0. The maximum Gasteiger partial charge on any atom is 0.412 e. The Labute approximate surface area is 103 Å². The summed E-state index contributed by atoms with van der Waals surface area (Å²) in [4.78, 5) is 11.2. The second kappa shape index (κ2) is 6.28. The highest BCUT2D eigenvalue weighted by Gasteiger charge is 2.25. The molecule has 0 bridgehead atoms. The van der Waals surface area contributed by atoms with Gasteiger partial charge in [0.1, 0.15) is 5.75 Å². The molecule has 0 fully saturated rings. The number of ether oxygens (including phenoxy) is 1. The van der Waals surface area contributed by atoms with Gasteiger partial charge in [-0.15, -0.1) is 0 Å². The van der Waals surface area contributed by atoms with Gasteiger partial charge >= 0.3 is 12.3 Å². The lowest BCUT2D eigenvalue weighted by Crippen LogP contribution is -2.28. The maximum absolute atomic E-state index is 11.8. The van der Waals surface area contributed by atoms with Gasteiger partial charge in [-0.3, -0.25) is 0 Å². The van der Waals surface area contributed by atoms with Gasteiger partial charge in [0.05, 0.1) is 0 Å². The number of nitrogens with one attached hydrogen (secondary N) is 1. The smallest absolute Gasteiger partial charge is 0.410 e. The number of alkyl halides is 3. The molecule has 0 saturated heterocycles. The number of amides is 1. The molecule has 100 valence electrons. The molecule has 0 radical (unpaired) electrons. The van der Waals surface area contributed by atoms with Crippen LogP contribution >= 0.6 is 0 Å². The Morgan fingerprint density at radius 3 is 2.44 bits per heavy atom. The molecule has 0 atom stereocenters. The molecule has 1 N–H and O–H groups in total. The van der Waals surface area contributed by atoms with Crippen LogP contribution in [0.2, 0.25) is 0 Å². The molecule has 0 aliphatic heterocycles. The minimum Gasteiger partial charge on any atom is -0.410 e. The van der Waals surface area contributed by atoms with E-state index in [1.807, 2.05) is 6.92 Å². The van der Waals surface area contributed by atoms with E-state index in [0.29, 0.717) is 5.75 Å². The van der Waals surface area contributed by atoms with Crippen LogP contribution in [0.3, 0.4) is 0 Å². The van der Waals surface area contributed by atoms with E-state index in [1.54, 1.807) is 24.3 Å². The molecule has 1 amide bonds. The molecule has 18 heavy (non-hydrogen) atoms. The molecule has 0 heterocycles. The highest BCUT2D eigenvalue weighted by molar-refractivity contribution is 5.70. The predicted octanol–water partition coefficient (Wildman–Crippen LogP) is 3.43. The first-order valence-corrected chi connectivity index (χ1v) is 5.46. The third kappa shape index (κ3) is 6.12. The zero-order valence-electron chi connectivity index (χ0n) is 9.88. The van der Waals surface area contributed by atoms with Crippen LogP contribution in [0.1, 0.15) is 18.4 Å². The van der Waals surface area contributed by atoms with E-state index in [1.165, 1.54) is 0 Å². The van der Waals surface area contributed by atoms with Crippen LogP contribution in [0.5, 0.6) is 5.75 Å². The zero-order chi connectivity index (χ0) is 13.6. The molecule has 0 saturated carbocycles. The summed E-state index contributed by atoms with van der Waals surface area (Å²) < 4.78 is 40.3. The summed E-state index contributed by atoms with van der Waals surface area (Å²) in [5.74, 6) is 0.355. The van der Waals surface area contributed by atoms with Gasteiger partial charge in [0.25, 0.3) is 0 Å². The third-order valence-electron chi connectivity index (χ3n) is 2.14. The van der Waals surface area contributed by atoms with Gasteiger partial charge in [0.15, 0.2) is 0 Å². The lowest BCUT2D eigenvalue weighted by molar-refractivity contribution is -0.135. The van der Waals surface area contributed by atoms with E-state index < -0.39 is 18.7 Å². The van der Waals surface area contributed by atoms with Gasteiger partial charge in [-0.2, -0.15) is 13.2 Å². The van der Waals surface area contributed by atoms with E-state index in [-0.39, 0.29) is 13.0 Å². The molecule has 0 spiro atoms. The SMILES string of the molecule is Cc1ccc(OC(=O)NCCCC(F)(F)F)cc1. The molecular weight excluding hydrogens is 247 g/mol. The van der Waals surface area contributed by atoms with Crippen LogP contribution in [-0.2, 0) is 0 Å². The van der Waals surface area contributed by atoms with Crippen LogP contribution in [0, 0.1) is 6.92 Å². The minimum atomic E-state index is -4.19. The summed E-state index contributed by atoms with van der Waals surface area (Å²) in [6.45, 7) is 1.82. The van der Waals surface area contributed by atoms with Gasteiger partial charge in [-0.25, -0.2) is 4.79 Å². The summed E-state index contributed by atoms with van der Waals surface area (Å²) in [5.41, 5.74) is 1.02. The van der Waals surface area contributed by atoms with E-state index in [0.717, 1.165) is 5.56 Å². The lowest BCUT2D eigenvalue weighted by Gasteiger charge is -2.08. The molecule has 1 rings (SSSR count). The van der Waals surface area contributed by atoms with Crippen LogP contribution < -0.4 is 10.1 Å². The van der Waals surface area contributed by atoms with Crippen molar-refractivity contribution >= 4 is 6.09 Å². The van der Waals surface area contributed by atoms with Crippen LogP contribution in [0.4, 0.5) is 18.0 Å². The molecule has 0 aliphatic rings. The molecule has 0 aliphatic carbocycles. The molecule has 1 aromatic rings. The van der Waals surface area contributed by atoms with Crippen molar-refractivity contribution < 1.29 is 22.7 Å². The summed E-state index contributed by atoms with van der Waals surface area (Å²) in [6.07, 6.45) is -6.02. The normalized spacial score (nSPS) is 11.1. The number of aryl methyl sites for hydroxylation is 1. The van der Waals surface area contributed by atoms with Crippen molar-refractivity contribution in [2.45, 2.75) is 25.9 Å². The van der Waals surface area contributed by atoms with Gasteiger partial charge in [0.2, 0.25) is 0 Å². The quantitative estimate of drug-likeness (QED) is 0.843.